The number of anilines is 3. The maximum atomic E-state index is 14.2. The fraction of sp³-hybridized carbons (Fsp3) is 0.0909. The summed E-state index contributed by atoms with van der Waals surface area (Å²) in [6.07, 6.45) is -1.32. The molecule has 1 aromatic carbocycles. The lowest BCUT2D eigenvalue weighted by atomic mass is 10.1. The molecule has 1 aliphatic rings. The highest BCUT2D eigenvalue weighted by atomic mass is 19.4. The van der Waals surface area contributed by atoms with Gasteiger partial charge in [-0.15, -0.1) is 0 Å². The lowest BCUT2D eigenvalue weighted by molar-refractivity contribution is -0.143. The fourth-order valence-corrected chi connectivity index (χ4v) is 3.70. The minimum Gasteiger partial charge on any atom is -0.384 e. The zero-order valence-electron chi connectivity index (χ0n) is 18.2. The molecule has 4 heterocycles. The van der Waals surface area contributed by atoms with Crippen LogP contribution in [0.4, 0.5) is 30.5 Å². The monoisotopic (exact) mass is 492 g/mol. The quantitative estimate of drug-likeness (QED) is 0.394. The van der Waals surface area contributed by atoms with Crippen LogP contribution in [0.2, 0.25) is 0 Å². The summed E-state index contributed by atoms with van der Waals surface area (Å²) < 4.78 is 43.2. The molecule has 11 nitrogen and oxygen atoms in total. The number of nitrogens with zero attached hydrogens (tertiary/aromatic N) is 7. The van der Waals surface area contributed by atoms with Gasteiger partial charge in [-0.2, -0.15) is 33.8 Å². The van der Waals surface area contributed by atoms with Crippen LogP contribution in [0, 0.1) is 11.3 Å². The highest BCUT2D eigenvalue weighted by molar-refractivity contribution is 6.05. The summed E-state index contributed by atoms with van der Waals surface area (Å²) in [5.41, 5.74) is 7.07. The highest BCUT2D eigenvalue weighted by Gasteiger charge is 2.41. The van der Waals surface area contributed by atoms with E-state index in [0.717, 1.165) is 6.20 Å². The standard InChI is InChI=1S/C22H15F3N10O/c23-22(24,25)19-15(11-31-34(19)17-3-1-2-16-14(17)4-5-18(27)33-16)21(36)32-13-8-12(9-26)20(28-10-13)35-29-6-7-30-35/h1-6,8,10-11,30H,7H2,(H2,27,33)(H,32,36). The predicted octanol–water partition coefficient (Wildman–Crippen LogP) is 2.85. The number of nitrogen functional groups attached to an aromatic ring is 1. The number of nitriles is 1. The van der Waals surface area contributed by atoms with Gasteiger partial charge in [0, 0.05) is 11.6 Å². The molecule has 36 heavy (non-hydrogen) atoms. The molecule has 1 amide bonds. The number of hydrazine groups is 1. The van der Waals surface area contributed by atoms with E-state index >= 15 is 0 Å². The van der Waals surface area contributed by atoms with Crippen LogP contribution >= 0.6 is 0 Å². The largest absolute Gasteiger partial charge is 0.434 e. The number of halogens is 3. The van der Waals surface area contributed by atoms with E-state index in [2.05, 4.69) is 30.9 Å². The van der Waals surface area contributed by atoms with Gasteiger partial charge in [0.25, 0.3) is 5.91 Å². The lowest BCUT2D eigenvalue weighted by Crippen LogP contribution is -2.29. The van der Waals surface area contributed by atoms with Crippen LogP contribution in [-0.2, 0) is 6.18 Å². The van der Waals surface area contributed by atoms with Crippen molar-refractivity contribution in [1.29, 1.82) is 5.26 Å². The Balaban J connectivity index is 1.53. The Hall–Kier alpha value is -5.03. The summed E-state index contributed by atoms with van der Waals surface area (Å²) in [7, 11) is 0. The minimum atomic E-state index is -4.92. The van der Waals surface area contributed by atoms with Gasteiger partial charge in [0.15, 0.2) is 11.5 Å². The van der Waals surface area contributed by atoms with Crippen molar-refractivity contribution in [3.63, 3.8) is 0 Å². The summed E-state index contributed by atoms with van der Waals surface area (Å²) in [5.74, 6) is -0.690. The van der Waals surface area contributed by atoms with Crippen molar-refractivity contribution in [3.8, 4) is 11.8 Å². The molecule has 4 N–H and O–H groups in total. The molecule has 1 aliphatic heterocycles. The number of amides is 1. The van der Waals surface area contributed by atoms with Gasteiger partial charge < -0.3 is 11.1 Å². The first-order valence-electron chi connectivity index (χ1n) is 10.3. The maximum absolute atomic E-state index is 14.2. The van der Waals surface area contributed by atoms with Gasteiger partial charge >= 0.3 is 6.18 Å². The van der Waals surface area contributed by atoms with Crippen LogP contribution in [0.1, 0.15) is 21.6 Å². The van der Waals surface area contributed by atoms with Crippen molar-refractivity contribution in [2.75, 3.05) is 22.7 Å². The molecule has 0 radical (unpaired) electrons. The van der Waals surface area contributed by atoms with Crippen LogP contribution in [0.3, 0.4) is 0 Å². The molecule has 3 aromatic heterocycles. The van der Waals surface area contributed by atoms with Crippen LogP contribution < -0.4 is 21.6 Å². The number of alkyl halides is 3. The lowest BCUT2D eigenvalue weighted by Gasteiger charge is -2.16. The summed E-state index contributed by atoms with van der Waals surface area (Å²) in [4.78, 5) is 21.2. The Morgan fingerprint density at radius 2 is 2.06 bits per heavy atom. The predicted molar refractivity (Wildman–Crippen MR) is 124 cm³/mol. The molecule has 0 atom stereocenters. The zero-order chi connectivity index (χ0) is 25.4. The Morgan fingerprint density at radius 1 is 1.22 bits per heavy atom. The van der Waals surface area contributed by atoms with Gasteiger partial charge in [0.05, 0.1) is 41.4 Å². The molecule has 0 spiro atoms. The number of hydrazone groups is 1. The van der Waals surface area contributed by atoms with E-state index < -0.39 is 23.3 Å². The van der Waals surface area contributed by atoms with Gasteiger partial charge in [-0.25, -0.2) is 20.1 Å². The average Bonchev–Trinajstić information content (AvgIpc) is 3.54. The number of pyridine rings is 2. The van der Waals surface area contributed by atoms with E-state index in [0.29, 0.717) is 22.1 Å². The number of hydrogen-bond donors (Lipinski definition) is 3. The first-order valence-corrected chi connectivity index (χ1v) is 10.3. The summed E-state index contributed by atoms with van der Waals surface area (Å²) in [6.45, 7) is 0.440. The first-order chi connectivity index (χ1) is 17.3. The summed E-state index contributed by atoms with van der Waals surface area (Å²) in [5, 5.41) is 21.3. The van der Waals surface area contributed by atoms with E-state index in [4.69, 9.17) is 5.73 Å². The van der Waals surface area contributed by atoms with Crippen molar-refractivity contribution in [1.82, 2.24) is 25.2 Å². The van der Waals surface area contributed by atoms with Crippen molar-refractivity contribution < 1.29 is 18.0 Å². The number of carbonyl (C=O) groups is 1. The van der Waals surface area contributed by atoms with Crippen LogP contribution in [0.25, 0.3) is 16.6 Å². The minimum absolute atomic E-state index is 0.0224. The van der Waals surface area contributed by atoms with Crippen molar-refractivity contribution >= 4 is 40.3 Å². The number of carbonyl (C=O) groups excluding carboxylic acids is 1. The zero-order valence-corrected chi connectivity index (χ0v) is 18.2. The van der Waals surface area contributed by atoms with Crippen LogP contribution in [0.15, 0.2) is 53.9 Å². The van der Waals surface area contributed by atoms with E-state index in [1.165, 1.54) is 41.6 Å². The van der Waals surface area contributed by atoms with Crippen LogP contribution in [-0.4, -0.2) is 38.4 Å². The second-order valence-electron chi connectivity index (χ2n) is 7.53. The first kappa shape index (κ1) is 22.7. The second kappa shape index (κ2) is 8.64. The molecule has 14 heteroatoms. The number of hydrogen-bond acceptors (Lipinski definition) is 9. The molecular weight excluding hydrogens is 477 g/mol. The number of nitrogens with one attached hydrogen (secondary N) is 2. The Bertz CT molecular complexity index is 1570. The summed E-state index contributed by atoms with van der Waals surface area (Å²) in [6, 6.07) is 10.8. The third kappa shape index (κ3) is 4.03. The summed E-state index contributed by atoms with van der Waals surface area (Å²) >= 11 is 0. The average molecular weight is 492 g/mol. The van der Waals surface area contributed by atoms with Crippen molar-refractivity contribution in [2.45, 2.75) is 6.18 Å². The van der Waals surface area contributed by atoms with Gasteiger partial charge in [-0.1, -0.05) is 6.07 Å². The topological polar surface area (TPSA) is 150 Å². The normalized spacial score (nSPS) is 13.2. The molecule has 0 fully saturated rings. The molecule has 0 saturated carbocycles. The molecule has 0 bridgehead atoms. The molecule has 4 aromatic rings. The number of aromatic nitrogens is 4. The second-order valence-corrected chi connectivity index (χ2v) is 7.53. The van der Waals surface area contributed by atoms with Crippen molar-refractivity contribution in [2.24, 2.45) is 5.10 Å². The number of nitrogens with two attached hydrogens (primary N) is 1. The number of fused-ring (bicyclic) bond motifs is 1. The third-order valence-corrected chi connectivity index (χ3v) is 5.22. The molecule has 0 aliphatic carbocycles. The Morgan fingerprint density at radius 3 is 2.78 bits per heavy atom. The molecular formula is C22H15F3N10O. The maximum Gasteiger partial charge on any atom is 0.434 e. The highest BCUT2D eigenvalue weighted by Crippen LogP contribution is 2.35. The Kier molecular flexibility index (Phi) is 5.46. The van der Waals surface area contributed by atoms with E-state index in [1.807, 2.05) is 6.07 Å². The van der Waals surface area contributed by atoms with Gasteiger partial charge in [0.2, 0.25) is 0 Å². The molecule has 0 unspecified atom stereocenters. The Labute approximate surface area is 200 Å². The van der Waals surface area contributed by atoms with Gasteiger partial charge in [-0.3, -0.25) is 4.79 Å². The molecule has 180 valence electrons. The number of rotatable bonds is 4. The van der Waals surface area contributed by atoms with E-state index in [-0.39, 0.29) is 28.6 Å². The van der Waals surface area contributed by atoms with Gasteiger partial charge in [0.1, 0.15) is 17.5 Å². The van der Waals surface area contributed by atoms with Crippen molar-refractivity contribution in [3.05, 3.63) is 65.6 Å². The smallest absolute Gasteiger partial charge is 0.384 e. The van der Waals surface area contributed by atoms with Crippen LogP contribution in [0.5, 0.6) is 0 Å². The molecule has 5 rings (SSSR count). The van der Waals surface area contributed by atoms with Gasteiger partial charge in [-0.05, 0) is 30.3 Å². The van der Waals surface area contributed by atoms with E-state index in [9.17, 15) is 23.2 Å². The molecule has 0 saturated heterocycles. The SMILES string of the molecule is N#Cc1cc(NC(=O)c2cnn(-c3cccc4nc(N)ccc34)c2C(F)(F)F)cnc1N1N=CCN1. The third-order valence-electron chi connectivity index (χ3n) is 5.22. The van der Waals surface area contributed by atoms with E-state index in [1.54, 1.807) is 12.3 Å². The fourth-order valence-electron chi connectivity index (χ4n) is 3.70. The number of benzene rings is 1.